The molecule has 0 atom stereocenters. The predicted molar refractivity (Wildman–Crippen MR) is 322 cm³/mol. The Morgan fingerprint density at radius 1 is 0.580 bits per heavy atom. The fourth-order valence-electron chi connectivity index (χ4n) is 10.9. The van der Waals surface area contributed by atoms with Crippen LogP contribution >= 0.6 is 11.6 Å². The number of nitrogens with one attached hydrogen (secondary N) is 2. The Morgan fingerprint density at radius 2 is 1.02 bits per heavy atom. The second-order valence-corrected chi connectivity index (χ2v) is 21.6. The predicted octanol–water partition coefficient (Wildman–Crippen LogP) is 15.7. The number of benzene rings is 4. The fourth-order valence-corrected chi connectivity index (χ4v) is 11.1. The smallest absolute Gasteiger partial charge is 0.221 e. The molecule has 3 aliphatic rings. The molecule has 1 amide bonds. The lowest BCUT2D eigenvalue weighted by Gasteiger charge is -2.31. The number of hydrogen-bond acceptors (Lipinski definition) is 10. The number of hydrogen-bond donors (Lipinski definition) is 3. The van der Waals surface area contributed by atoms with Gasteiger partial charge in [-0.15, -0.1) is 0 Å². The van der Waals surface area contributed by atoms with Crippen molar-refractivity contribution in [2.24, 2.45) is 17.8 Å². The first-order valence-electron chi connectivity index (χ1n) is 28.9. The molecule has 434 valence electrons. The second-order valence-electron chi connectivity index (χ2n) is 21.2. The topological polar surface area (TPSA) is 141 Å². The molecule has 3 fully saturated rings. The molecule has 3 saturated carbocycles. The summed E-state index contributed by atoms with van der Waals surface area (Å²) >= 11 is 5.69. The normalized spacial score (nSPS) is 14.7. The monoisotopic (exact) mass is 1130 g/mol. The van der Waals surface area contributed by atoms with E-state index in [1.807, 2.05) is 12.1 Å². The maximum absolute atomic E-state index is 13.5. The SMILES string of the molecule is CC(=O)Nc1cccc(F)c1.CCN(CC1CCCCC1)c1nc2cc(F)ccc2cc1C=O.CCN(CC1CCCCC1)c1nc2cc(F)ccc2cc1CO.CCNCC1CCCCC1.O=Cc1cc2ccc(F)cc2nc1Cl. The molecule has 0 aliphatic heterocycles. The van der Waals surface area contributed by atoms with Gasteiger partial charge in [-0.3, -0.25) is 14.4 Å². The van der Waals surface area contributed by atoms with E-state index >= 15 is 0 Å². The first-order chi connectivity index (χ1) is 39.2. The Hall–Kier alpha value is -6.55. The molecule has 4 aromatic carbocycles. The number of aromatic nitrogens is 3. The highest BCUT2D eigenvalue weighted by Gasteiger charge is 2.22. The highest BCUT2D eigenvalue weighted by Crippen LogP contribution is 2.31. The minimum atomic E-state index is -0.375. The van der Waals surface area contributed by atoms with Gasteiger partial charge in [-0.1, -0.05) is 82.4 Å². The third-order valence-corrected chi connectivity index (χ3v) is 15.4. The highest BCUT2D eigenvalue weighted by atomic mass is 35.5. The molecule has 3 N–H and O–H groups in total. The van der Waals surface area contributed by atoms with Gasteiger partial charge in [-0.25, -0.2) is 32.5 Å². The van der Waals surface area contributed by atoms with Gasteiger partial charge in [-0.05, 0) is 156 Å². The van der Waals surface area contributed by atoms with Gasteiger partial charge in [0.15, 0.2) is 12.6 Å². The molecule has 0 unspecified atom stereocenters. The first-order valence-corrected chi connectivity index (χ1v) is 29.3. The molecule has 3 aromatic heterocycles. The van der Waals surface area contributed by atoms with E-state index in [0.29, 0.717) is 62.7 Å². The van der Waals surface area contributed by atoms with E-state index in [1.165, 1.54) is 158 Å². The number of aldehydes is 2. The average Bonchev–Trinajstić information content (AvgIpc) is 3.54. The second kappa shape index (κ2) is 33.4. The molecule has 0 radical (unpaired) electrons. The number of aliphatic hydroxyl groups is 1. The summed E-state index contributed by atoms with van der Waals surface area (Å²) in [6, 6.07) is 24.4. The number of aliphatic hydroxyl groups excluding tert-OH is 1. The summed E-state index contributed by atoms with van der Waals surface area (Å²) in [5, 5.41) is 18.1. The number of nitrogens with zero attached hydrogens (tertiary/aromatic N) is 5. The van der Waals surface area contributed by atoms with Crippen molar-refractivity contribution in [1.82, 2.24) is 20.3 Å². The van der Waals surface area contributed by atoms with E-state index < -0.39 is 0 Å². The van der Waals surface area contributed by atoms with Crippen molar-refractivity contribution in [1.29, 1.82) is 0 Å². The van der Waals surface area contributed by atoms with Crippen LogP contribution in [-0.2, 0) is 11.4 Å². The Labute approximate surface area is 480 Å². The van der Waals surface area contributed by atoms with Crippen LogP contribution in [0.3, 0.4) is 0 Å². The van der Waals surface area contributed by atoms with Crippen LogP contribution in [0.15, 0.2) is 97.1 Å². The molecule has 11 nitrogen and oxygen atoms in total. The van der Waals surface area contributed by atoms with E-state index in [2.05, 4.69) is 56.2 Å². The van der Waals surface area contributed by atoms with Gasteiger partial charge in [0.1, 0.15) is 40.1 Å². The van der Waals surface area contributed by atoms with Gasteiger partial charge < -0.3 is 25.5 Å². The molecule has 3 aliphatic carbocycles. The zero-order valence-corrected chi connectivity index (χ0v) is 48.2. The summed E-state index contributed by atoms with van der Waals surface area (Å²) in [6.07, 6.45) is 21.7. The summed E-state index contributed by atoms with van der Waals surface area (Å²) in [5.41, 5.74) is 3.90. The van der Waals surface area contributed by atoms with E-state index in [9.17, 15) is 37.1 Å². The van der Waals surface area contributed by atoms with Crippen LogP contribution in [0.5, 0.6) is 0 Å². The quantitative estimate of drug-likeness (QED) is 0.0516. The molecule has 3 heterocycles. The van der Waals surface area contributed by atoms with E-state index in [0.717, 1.165) is 67.1 Å². The molecule has 81 heavy (non-hydrogen) atoms. The lowest BCUT2D eigenvalue weighted by atomic mass is 9.89. The van der Waals surface area contributed by atoms with Crippen molar-refractivity contribution in [3.05, 3.63) is 142 Å². The Bertz CT molecular complexity index is 3110. The summed E-state index contributed by atoms with van der Waals surface area (Å²) in [6.45, 7) is 13.6. The number of carbonyl (C=O) groups excluding carboxylic acids is 3. The Kier molecular flexibility index (Phi) is 26.2. The molecule has 16 heteroatoms. The zero-order chi connectivity index (χ0) is 58.1. The van der Waals surface area contributed by atoms with Crippen LogP contribution in [0.4, 0.5) is 34.9 Å². The van der Waals surface area contributed by atoms with E-state index in [-0.39, 0.29) is 40.9 Å². The Morgan fingerprint density at radius 3 is 1.48 bits per heavy atom. The average molecular weight is 1130 g/mol. The van der Waals surface area contributed by atoms with Crippen LogP contribution in [0.2, 0.25) is 5.15 Å². The first kappa shape index (κ1) is 63.6. The largest absolute Gasteiger partial charge is 0.392 e. The third-order valence-electron chi connectivity index (χ3n) is 15.1. The van der Waals surface area contributed by atoms with Crippen molar-refractivity contribution in [2.45, 2.75) is 131 Å². The minimum Gasteiger partial charge on any atom is -0.392 e. The molecule has 0 spiro atoms. The van der Waals surface area contributed by atoms with Crippen LogP contribution in [0.1, 0.15) is 150 Å². The maximum Gasteiger partial charge on any atom is 0.221 e. The molecule has 7 aromatic rings. The van der Waals surface area contributed by atoms with Crippen molar-refractivity contribution in [2.75, 3.05) is 54.4 Å². The number of halogens is 5. The summed E-state index contributed by atoms with van der Waals surface area (Å²) in [4.78, 5) is 50.1. The van der Waals surface area contributed by atoms with Crippen molar-refractivity contribution in [3.8, 4) is 0 Å². The number of amides is 1. The standard InChI is InChI=1S/C19H25FN2O.C19H23FN2O.C10H5ClFNO.C9H19N.C8H8FNO/c2*1-2-22(12-14-6-4-3-5-7-14)19-16(13-23)10-15-8-9-17(20)11-18(15)21-19;11-10-7(5-14)3-6-1-2-8(12)4-9(6)13-10;1-2-10-8-9-6-4-3-5-7-9;1-6(11)10-8-4-2-3-7(9)5-8/h8-11,14,23H,2-7,12-13H2,1H3;8-11,13-14H,2-7,12H2,1H3;1-5H;9-10H,2-8H2,1H3;2-5H,1H3,(H,10,11). The maximum atomic E-state index is 13.5. The van der Waals surface area contributed by atoms with Crippen molar-refractivity contribution < 1.29 is 37.1 Å². The highest BCUT2D eigenvalue weighted by molar-refractivity contribution is 6.32. The number of anilines is 3. The van der Waals surface area contributed by atoms with E-state index in [4.69, 9.17) is 11.6 Å². The fraction of sp³-hybridized carbons (Fsp3) is 0.446. The number of rotatable bonds is 15. The summed E-state index contributed by atoms with van der Waals surface area (Å²) in [7, 11) is 0. The van der Waals surface area contributed by atoms with E-state index in [1.54, 1.807) is 36.4 Å². The van der Waals surface area contributed by atoms with Gasteiger partial charge in [0, 0.05) is 78.7 Å². The van der Waals surface area contributed by atoms with Gasteiger partial charge >= 0.3 is 0 Å². The van der Waals surface area contributed by atoms with Crippen LogP contribution in [0, 0.1) is 41.0 Å². The minimum absolute atomic E-state index is 0.0448. The number of fused-ring (bicyclic) bond motifs is 3. The van der Waals surface area contributed by atoms with Crippen molar-refractivity contribution >= 4 is 80.1 Å². The molecule has 10 rings (SSSR count). The van der Waals surface area contributed by atoms with Gasteiger partial charge in [0.25, 0.3) is 0 Å². The van der Waals surface area contributed by atoms with Gasteiger partial charge in [0.05, 0.1) is 34.3 Å². The van der Waals surface area contributed by atoms with Crippen LogP contribution in [-0.4, -0.2) is 77.8 Å². The molecule has 0 bridgehead atoms. The molecular formula is C65H80ClF4N7O4. The van der Waals surface area contributed by atoms with Crippen molar-refractivity contribution in [3.63, 3.8) is 0 Å². The summed E-state index contributed by atoms with van der Waals surface area (Å²) < 4.78 is 52.3. The molecule has 0 saturated heterocycles. The molecular weight excluding hydrogens is 1050 g/mol. The third kappa shape index (κ3) is 20.1. The lowest BCUT2D eigenvalue weighted by Crippen LogP contribution is -2.32. The number of carbonyl (C=O) groups is 3. The zero-order valence-electron chi connectivity index (χ0n) is 47.5. The van der Waals surface area contributed by atoms with Crippen LogP contribution < -0.4 is 20.4 Å². The Balaban J connectivity index is 0.000000170. The summed E-state index contributed by atoms with van der Waals surface area (Å²) in [5.74, 6) is 2.34. The van der Waals surface area contributed by atoms with Gasteiger partial charge in [0.2, 0.25) is 5.91 Å². The van der Waals surface area contributed by atoms with Crippen LogP contribution in [0.25, 0.3) is 32.7 Å². The number of pyridine rings is 3. The van der Waals surface area contributed by atoms with Gasteiger partial charge in [-0.2, -0.15) is 0 Å². The lowest BCUT2D eigenvalue weighted by molar-refractivity contribution is -0.114.